The molecule has 0 bridgehead atoms. The van der Waals surface area contributed by atoms with Crippen molar-refractivity contribution >= 4 is 15.9 Å². The van der Waals surface area contributed by atoms with Crippen LogP contribution in [0.4, 0.5) is 4.39 Å². The van der Waals surface area contributed by atoms with Gasteiger partial charge in [0, 0.05) is 17.2 Å². The van der Waals surface area contributed by atoms with Gasteiger partial charge in [0.05, 0.1) is 12.9 Å². The highest BCUT2D eigenvalue weighted by atomic mass is 79.9. The molecule has 0 atom stereocenters. The Balaban J connectivity index is 2.41. The second kappa shape index (κ2) is 6.10. The Morgan fingerprint density at radius 3 is 2.95 bits per heavy atom. The molecule has 2 aromatic rings. The van der Waals surface area contributed by atoms with E-state index in [0.717, 1.165) is 14.7 Å². The second-order valence-electron chi connectivity index (χ2n) is 4.21. The predicted molar refractivity (Wildman–Crippen MR) is 76.3 cm³/mol. The van der Waals surface area contributed by atoms with E-state index in [2.05, 4.69) is 26.0 Å². The van der Waals surface area contributed by atoms with Crippen LogP contribution in [0.2, 0.25) is 0 Å². The van der Waals surface area contributed by atoms with Crippen molar-refractivity contribution in [2.75, 3.05) is 6.54 Å². The Morgan fingerprint density at radius 2 is 2.35 bits per heavy atom. The minimum atomic E-state index is -0.393. The van der Waals surface area contributed by atoms with Gasteiger partial charge in [-0.15, -0.1) is 0 Å². The molecule has 8 heteroatoms. The lowest BCUT2D eigenvalue weighted by atomic mass is 10.3. The zero-order valence-corrected chi connectivity index (χ0v) is 12.3. The minimum absolute atomic E-state index is 0.0222. The number of aryl methyl sites for hydroxylation is 1. The van der Waals surface area contributed by atoms with Gasteiger partial charge in [-0.05, 0) is 40.1 Å². The molecule has 0 aliphatic rings. The predicted octanol–water partition coefficient (Wildman–Crippen LogP) is 1.31. The molecule has 2 aromatic heterocycles. The number of nitrogens with two attached hydrogens (primary N) is 1. The number of hydrogen-bond acceptors (Lipinski definition) is 4. The van der Waals surface area contributed by atoms with E-state index in [9.17, 15) is 9.18 Å². The van der Waals surface area contributed by atoms with Crippen molar-refractivity contribution in [3.05, 3.63) is 51.0 Å². The molecule has 0 amide bonds. The van der Waals surface area contributed by atoms with Crippen LogP contribution in [0.15, 0.2) is 39.8 Å². The Bertz CT molecular complexity index is 706. The summed E-state index contributed by atoms with van der Waals surface area (Å²) in [6.07, 6.45) is 3.35. The summed E-state index contributed by atoms with van der Waals surface area (Å²) in [7, 11) is 0. The molecule has 2 rings (SSSR count). The fourth-order valence-electron chi connectivity index (χ4n) is 1.71. The van der Waals surface area contributed by atoms with Crippen molar-refractivity contribution in [3.63, 3.8) is 0 Å². The van der Waals surface area contributed by atoms with Gasteiger partial charge >= 0.3 is 5.69 Å². The van der Waals surface area contributed by atoms with E-state index in [0.29, 0.717) is 12.1 Å². The van der Waals surface area contributed by atoms with Crippen LogP contribution >= 0.6 is 15.9 Å². The van der Waals surface area contributed by atoms with Crippen molar-refractivity contribution in [3.8, 4) is 5.82 Å². The zero-order valence-electron chi connectivity index (χ0n) is 10.8. The molecular weight excluding hydrogens is 329 g/mol. The Kier molecular flexibility index (Phi) is 4.46. The topological polar surface area (TPSA) is 78.7 Å². The van der Waals surface area contributed by atoms with Gasteiger partial charge in [-0.3, -0.25) is 0 Å². The number of rotatable bonds is 4. The third-order valence-corrected chi connectivity index (χ3v) is 3.18. The molecular formula is C12H13BrFN5O. The second-order valence-corrected chi connectivity index (χ2v) is 5.12. The largest absolute Gasteiger partial charge is 0.351 e. The number of pyridine rings is 1. The van der Waals surface area contributed by atoms with Crippen molar-refractivity contribution < 1.29 is 4.39 Å². The summed E-state index contributed by atoms with van der Waals surface area (Å²) >= 11 is 3.31. The molecule has 0 unspecified atom stereocenters. The van der Waals surface area contributed by atoms with Gasteiger partial charge in [0.2, 0.25) is 0 Å². The van der Waals surface area contributed by atoms with E-state index in [4.69, 9.17) is 5.73 Å². The van der Waals surface area contributed by atoms with E-state index >= 15 is 0 Å². The van der Waals surface area contributed by atoms with Crippen LogP contribution in [0.1, 0.15) is 5.56 Å². The average molecular weight is 342 g/mol. The van der Waals surface area contributed by atoms with E-state index in [1.807, 2.05) is 13.0 Å². The van der Waals surface area contributed by atoms with Crippen molar-refractivity contribution in [1.82, 2.24) is 19.3 Å². The highest BCUT2D eigenvalue weighted by Gasteiger charge is 2.11. The van der Waals surface area contributed by atoms with Crippen LogP contribution in [0.5, 0.6) is 0 Å². The van der Waals surface area contributed by atoms with Gasteiger partial charge in [0.15, 0.2) is 0 Å². The van der Waals surface area contributed by atoms with Crippen LogP contribution in [0, 0.1) is 6.92 Å². The van der Waals surface area contributed by atoms with Crippen molar-refractivity contribution in [2.45, 2.75) is 13.5 Å². The first kappa shape index (κ1) is 14.6. The molecule has 106 valence electrons. The Morgan fingerprint density at radius 1 is 1.60 bits per heavy atom. The zero-order chi connectivity index (χ0) is 14.7. The van der Waals surface area contributed by atoms with Gasteiger partial charge in [-0.2, -0.15) is 5.10 Å². The maximum absolute atomic E-state index is 12.5. The average Bonchev–Trinajstić information content (AvgIpc) is 2.77. The highest BCUT2D eigenvalue weighted by Crippen LogP contribution is 2.14. The maximum atomic E-state index is 12.5. The molecule has 2 heterocycles. The number of halogens is 2. The van der Waals surface area contributed by atoms with Gasteiger partial charge in [-0.1, -0.05) is 0 Å². The first-order valence-corrected chi connectivity index (χ1v) is 6.61. The third kappa shape index (κ3) is 2.86. The lowest BCUT2D eigenvalue weighted by molar-refractivity contribution is 0.612. The monoisotopic (exact) mass is 341 g/mol. The number of hydrogen-bond donors (Lipinski definition) is 1. The Hall–Kier alpha value is -1.80. The molecule has 20 heavy (non-hydrogen) atoms. The number of aromatic nitrogens is 4. The minimum Gasteiger partial charge on any atom is -0.327 e. The van der Waals surface area contributed by atoms with E-state index in [1.54, 1.807) is 6.20 Å². The summed E-state index contributed by atoms with van der Waals surface area (Å²) in [5, 5.41) is 3.94. The lowest BCUT2D eigenvalue weighted by Gasteiger charge is -2.04. The first-order valence-electron chi connectivity index (χ1n) is 5.82. The molecule has 0 spiro atoms. The standard InChI is InChI=1S/C12H13BrFN5O/c1-8-2-10(13)5-16-11(8)18-7-17-19(12(18)20)6-9(3-14)4-15/h2-3,5,7H,4,6,15H2,1H3/b9-3+. The molecule has 6 nitrogen and oxygen atoms in total. The summed E-state index contributed by atoms with van der Waals surface area (Å²) in [6, 6.07) is 1.85. The quantitative estimate of drug-likeness (QED) is 0.909. The normalized spacial score (nSPS) is 11.9. The van der Waals surface area contributed by atoms with Crippen LogP contribution in [0.25, 0.3) is 5.82 Å². The molecule has 0 aromatic carbocycles. The summed E-state index contributed by atoms with van der Waals surface area (Å²) in [6.45, 7) is 1.89. The van der Waals surface area contributed by atoms with Crippen LogP contribution in [0.3, 0.4) is 0 Å². The van der Waals surface area contributed by atoms with Crippen molar-refractivity contribution in [1.29, 1.82) is 0 Å². The van der Waals surface area contributed by atoms with Crippen LogP contribution < -0.4 is 11.4 Å². The maximum Gasteiger partial charge on any atom is 0.351 e. The SMILES string of the molecule is Cc1cc(Br)cnc1-n1cnn(C/C(=C/F)CN)c1=O. The van der Waals surface area contributed by atoms with Crippen LogP contribution in [-0.4, -0.2) is 25.9 Å². The van der Waals surface area contributed by atoms with Crippen molar-refractivity contribution in [2.24, 2.45) is 5.73 Å². The van der Waals surface area contributed by atoms with Gasteiger partial charge in [0.25, 0.3) is 0 Å². The smallest absolute Gasteiger partial charge is 0.327 e. The lowest BCUT2D eigenvalue weighted by Crippen LogP contribution is -2.26. The summed E-state index contributed by atoms with van der Waals surface area (Å²) in [4.78, 5) is 16.4. The molecule has 0 aliphatic heterocycles. The first-order chi connectivity index (χ1) is 9.56. The summed E-state index contributed by atoms with van der Waals surface area (Å²) in [5.41, 5.74) is 6.08. The number of nitrogens with zero attached hydrogens (tertiary/aromatic N) is 4. The van der Waals surface area contributed by atoms with E-state index in [1.165, 1.54) is 10.9 Å². The molecule has 0 fully saturated rings. The van der Waals surface area contributed by atoms with Gasteiger partial charge in [0.1, 0.15) is 12.1 Å². The Labute approximate surface area is 122 Å². The molecule has 0 aliphatic carbocycles. The summed E-state index contributed by atoms with van der Waals surface area (Å²) < 4.78 is 15.8. The van der Waals surface area contributed by atoms with Gasteiger partial charge < -0.3 is 5.73 Å². The molecule has 0 saturated carbocycles. The molecule has 0 radical (unpaired) electrons. The van der Waals surface area contributed by atoms with E-state index < -0.39 is 5.69 Å². The third-order valence-electron chi connectivity index (χ3n) is 2.75. The fraction of sp³-hybridized carbons (Fsp3) is 0.250. The summed E-state index contributed by atoms with van der Waals surface area (Å²) in [5.74, 6) is 0.489. The fourth-order valence-corrected chi connectivity index (χ4v) is 2.16. The molecule has 0 saturated heterocycles. The highest BCUT2D eigenvalue weighted by molar-refractivity contribution is 9.10. The van der Waals surface area contributed by atoms with E-state index in [-0.39, 0.29) is 18.7 Å². The van der Waals surface area contributed by atoms with Gasteiger partial charge in [-0.25, -0.2) is 23.4 Å². The van der Waals surface area contributed by atoms with Crippen LogP contribution in [-0.2, 0) is 6.54 Å². The molecule has 2 N–H and O–H groups in total.